The number of rotatable bonds is 6. The zero-order valence-corrected chi connectivity index (χ0v) is 13.7. The molecule has 0 saturated heterocycles. The van der Waals surface area contributed by atoms with E-state index in [9.17, 15) is 9.90 Å². The first kappa shape index (κ1) is 17.2. The third-order valence-corrected chi connectivity index (χ3v) is 3.64. The largest absolute Gasteiger partial charge is 0.378 e. The Morgan fingerprint density at radius 3 is 2.48 bits per heavy atom. The number of hydrogen-bond acceptors (Lipinski definition) is 3. The molecule has 0 bridgehead atoms. The highest BCUT2D eigenvalue weighted by molar-refractivity contribution is 5.95. The van der Waals surface area contributed by atoms with Gasteiger partial charge in [-0.3, -0.25) is 4.79 Å². The van der Waals surface area contributed by atoms with Crippen molar-refractivity contribution in [2.24, 2.45) is 0 Å². The normalized spacial score (nSPS) is 12.2. The molecular formula is C19H23NO3. The molecule has 4 heteroatoms. The van der Waals surface area contributed by atoms with Crippen LogP contribution in [0.15, 0.2) is 48.5 Å². The molecule has 0 aliphatic heterocycles. The van der Waals surface area contributed by atoms with Gasteiger partial charge in [0, 0.05) is 5.69 Å². The lowest BCUT2D eigenvalue weighted by Crippen LogP contribution is -2.21. The van der Waals surface area contributed by atoms with E-state index in [2.05, 4.69) is 5.32 Å². The van der Waals surface area contributed by atoms with Crippen LogP contribution in [0.1, 0.15) is 36.6 Å². The molecule has 2 aromatic carbocycles. The summed E-state index contributed by atoms with van der Waals surface area (Å²) in [6.07, 6.45) is -1.04. The lowest BCUT2D eigenvalue weighted by atomic mass is 10.1. The third kappa shape index (κ3) is 4.65. The summed E-state index contributed by atoms with van der Waals surface area (Å²) < 4.78 is 5.62. The maximum atomic E-state index is 12.3. The van der Waals surface area contributed by atoms with Gasteiger partial charge in [0.2, 0.25) is 0 Å². The first-order valence-electron chi connectivity index (χ1n) is 7.73. The summed E-state index contributed by atoms with van der Waals surface area (Å²) in [5, 5.41) is 12.9. The Morgan fingerprint density at radius 1 is 1.13 bits per heavy atom. The number of nitrogens with one attached hydrogen (secondary N) is 1. The van der Waals surface area contributed by atoms with Gasteiger partial charge in [-0.1, -0.05) is 42.5 Å². The number of amides is 1. The molecule has 0 aromatic heterocycles. The second-order valence-electron chi connectivity index (χ2n) is 5.75. The number of aliphatic hydroxyl groups is 1. The van der Waals surface area contributed by atoms with E-state index in [4.69, 9.17) is 4.74 Å². The average Bonchev–Trinajstić information content (AvgIpc) is 2.55. The summed E-state index contributed by atoms with van der Waals surface area (Å²) in [7, 11) is 0. The Bertz CT molecular complexity index is 653. The van der Waals surface area contributed by atoms with Gasteiger partial charge in [-0.15, -0.1) is 0 Å². The molecule has 0 saturated carbocycles. The smallest absolute Gasteiger partial charge is 0.257 e. The Labute approximate surface area is 137 Å². The zero-order chi connectivity index (χ0) is 16.8. The van der Waals surface area contributed by atoms with Crippen molar-refractivity contribution < 1.29 is 14.6 Å². The van der Waals surface area contributed by atoms with Crippen LogP contribution in [0.3, 0.4) is 0 Å². The lowest BCUT2D eigenvalue weighted by molar-refractivity contribution is -0.124. The highest BCUT2D eigenvalue weighted by Crippen LogP contribution is 2.22. The molecule has 0 aliphatic rings. The van der Waals surface area contributed by atoms with Crippen molar-refractivity contribution >= 4 is 11.6 Å². The van der Waals surface area contributed by atoms with Crippen molar-refractivity contribution in [3.8, 4) is 0 Å². The Balaban J connectivity index is 2.10. The van der Waals surface area contributed by atoms with E-state index in [0.29, 0.717) is 17.9 Å². The van der Waals surface area contributed by atoms with Crippen molar-refractivity contribution in [2.75, 3.05) is 5.32 Å². The topological polar surface area (TPSA) is 58.6 Å². The number of benzene rings is 2. The van der Waals surface area contributed by atoms with Crippen LogP contribution in [-0.4, -0.2) is 17.1 Å². The molecule has 0 spiro atoms. The van der Waals surface area contributed by atoms with Gasteiger partial charge in [0.05, 0.1) is 12.7 Å². The van der Waals surface area contributed by atoms with E-state index in [1.165, 1.54) is 0 Å². The van der Waals surface area contributed by atoms with Crippen LogP contribution >= 0.6 is 0 Å². The van der Waals surface area contributed by atoms with Crippen LogP contribution in [0.25, 0.3) is 0 Å². The van der Waals surface area contributed by atoms with Crippen molar-refractivity contribution in [1.82, 2.24) is 0 Å². The van der Waals surface area contributed by atoms with Crippen LogP contribution in [0.5, 0.6) is 0 Å². The molecule has 4 nitrogen and oxygen atoms in total. The minimum absolute atomic E-state index is 0.146. The van der Waals surface area contributed by atoms with Gasteiger partial charge in [-0.05, 0) is 43.5 Å². The van der Waals surface area contributed by atoms with E-state index in [1.807, 2.05) is 45.0 Å². The predicted molar refractivity (Wildman–Crippen MR) is 91.1 cm³/mol. The predicted octanol–water partition coefficient (Wildman–Crippen LogP) is 3.59. The molecule has 0 heterocycles. The highest BCUT2D eigenvalue weighted by Gasteiger charge is 2.18. The first-order chi connectivity index (χ1) is 11.0. The summed E-state index contributed by atoms with van der Waals surface area (Å²) in [6, 6.07) is 14.5. The fourth-order valence-electron chi connectivity index (χ4n) is 2.22. The molecule has 2 aromatic rings. The molecule has 0 radical (unpaired) electrons. The summed E-state index contributed by atoms with van der Waals surface area (Å²) in [4.78, 5) is 12.3. The quantitative estimate of drug-likeness (QED) is 0.857. The van der Waals surface area contributed by atoms with Gasteiger partial charge in [0.15, 0.2) is 6.10 Å². The van der Waals surface area contributed by atoms with Gasteiger partial charge < -0.3 is 15.2 Å². The third-order valence-electron chi connectivity index (χ3n) is 3.64. The molecule has 1 amide bonds. The molecule has 2 N–H and O–H groups in total. The van der Waals surface area contributed by atoms with Crippen LogP contribution < -0.4 is 5.32 Å². The van der Waals surface area contributed by atoms with E-state index < -0.39 is 12.0 Å². The van der Waals surface area contributed by atoms with Crippen LogP contribution in [0, 0.1) is 6.92 Å². The summed E-state index contributed by atoms with van der Waals surface area (Å²) >= 11 is 0. The number of hydrogen-bond donors (Lipinski definition) is 2. The fourth-order valence-corrected chi connectivity index (χ4v) is 2.22. The average molecular weight is 313 g/mol. The van der Waals surface area contributed by atoms with Crippen molar-refractivity contribution in [3.63, 3.8) is 0 Å². The molecule has 1 unspecified atom stereocenters. The second-order valence-corrected chi connectivity index (χ2v) is 5.75. The fraction of sp³-hybridized carbons (Fsp3) is 0.316. The van der Waals surface area contributed by atoms with Crippen molar-refractivity contribution in [1.29, 1.82) is 0 Å². The Hall–Kier alpha value is -2.17. The molecule has 0 aliphatic carbocycles. The summed E-state index contributed by atoms with van der Waals surface area (Å²) in [5.74, 6) is -0.443. The summed E-state index contributed by atoms with van der Waals surface area (Å²) in [6.45, 7) is 6.40. The van der Waals surface area contributed by atoms with Gasteiger partial charge in [0.25, 0.3) is 5.91 Å². The first-order valence-corrected chi connectivity index (χ1v) is 7.73. The van der Waals surface area contributed by atoms with E-state index in [-0.39, 0.29) is 6.10 Å². The Morgan fingerprint density at radius 2 is 1.83 bits per heavy atom. The number of aliphatic hydroxyl groups excluding tert-OH is 1. The Kier molecular flexibility index (Phi) is 5.90. The van der Waals surface area contributed by atoms with Crippen LogP contribution in [0.2, 0.25) is 0 Å². The van der Waals surface area contributed by atoms with E-state index >= 15 is 0 Å². The SMILES string of the molecule is Cc1c(COC(C)C)cccc1NC(=O)C(O)c1ccccc1. The minimum atomic E-state index is -1.19. The van der Waals surface area contributed by atoms with E-state index in [1.54, 1.807) is 24.3 Å². The maximum Gasteiger partial charge on any atom is 0.257 e. The highest BCUT2D eigenvalue weighted by atomic mass is 16.5. The molecule has 23 heavy (non-hydrogen) atoms. The second kappa shape index (κ2) is 7.90. The molecule has 0 fully saturated rings. The minimum Gasteiger partial charge on any atom is -0.378 e. The lowest BCUT2D eigenvalue weighted by Gasteiger charge is -2.16. The molecule has 1 atom stereocenters. The van der Waals surface area contributed by atoms with Crippen LogP contribution in [0.4, 0.5) is 5.69 Å². The standard InChI is InChI=1S/C19H23NO3/c1-13(2)23-12-16-10-7-11-17(14(16)3)20-19(22)18(21)15-8-5-4-6-9-15/h4-11,13,18,21H,12H2,1-3H3,(H,20,22). The van der Waals surface area contributed by atoms with E-state index in [0.717, 1.165) is 11.1 Å². The molecular weight excluding hydrogens is 290 g/mol. The van der Waals surface area contributed by atoms with Gasteiger partial charge in [-0.2, -0.15) is 0 Å². The zero-order valence-electron chi connectivity index (χ0n) is 13.7. The number of anilines is 1. The van der Waals surface area contributed by atoms with Crippen molar-refractivity contribution in [2.45, 2.75) is 39.6 Å². The number of carbonyl (C=O) groups is 1. The van der Waals surface area contributed by atoms with Gasteiger partial charge >= 0.3 is 0 Å². The van der Waals surface area contributed by atoms with Crippen LogP contribution in [-0.2, 0) is 16.1 Å². The molecule has 2 rings (SSSR count). The summed E-state index contributed by atoms with van der Waals surface area (Å²) in [5.41, 5.74) is 3.23. The van der Waals surface area contributed by atoms with Crippen molar-refractivity contribution in [3.05, 3.63) is 65.2 Å². The van der Waals surface area contributed by atoms with Gasteiger partial charge in [0.1, 0.15) is 0 Å². The monoisotopic (exact) mass is 313 g/mol. The maximum absolute atomic E-state index is 12.3. The number of ether oxygens (including phenoxy) is 1. The van der Waals surface area contributed by atoms with Gasteiger partial charge in [-0.25, -0.2) is 0 Å². The molecule has 122 valence electrons. The number of carbonyl (C=O) groups excluding carboxylic acids is 1.